The van der Waals surface area contributed by atoms with E-state index in [0.29, 0.717) is 11.4 Å². The topological polar surface area (TPSA) is 49.9 Å². The van der Waals surface area contributed by atoms with Gasteiger partial charge in [-0.3, -0.25) is 9.59 Å². The summed E-state index contributed by atoms with van der Waals surface area (Å²) in [5.41, 5.74) is -0.151. The molecule has 3 rings (SSSR count). The third-order valence-electron chi connectivity index (χ3n) is 4.51. The van der Waals surface area contributed by atoms with Crippen molar-refractivity contribution in [2.45, 2.75) is 19.1 Å². The van der Waals surface area contributed by atoms with Crippen LogP contribution in [0.1, 0.15) is 17.5 Å². The van der Waals surface area contributed by atoms with E-state index in [9.17, 15) is 22.8 Å². The van der Waals surface area contributed by atoms with Gasteiger partial charge >= 0.3 is 6.18 Å². The number of hydrogen-bond acceptors (Lipinski definition) is 3. The van der Waals surface area contributed by atoms with Crippen LogP contribution in [0.4, 0.5) is 18.9 Å². The van der Waals surface area contributed by atoms with Crippen molar-refractivity contribution in [3.63, 3.8) is 0 Å². The lowest BCUT2D eigenvalue weighted by Crippen LogP contribution is -2.41. The fourth-order valence-corrected chi connectivity index (χ4v) is 3.08. The third-order valence-corrected chi connectivity index (χ3v) is 4.51. The van der Waals surface area contributed by atoms with Crippen LogP contribution in [0.2, 0.25) is 0 Å². The summed E-state index contributed by atoms with van der Waals surface area (Å²) < 4.78 is 44.7. The van der Waals surface area contributed by atoms with Gasteiger partial charge in [0.25, 0.3) is 5.91 Å². The minimum atomic E-state index is -4.48. The van der Waals surface area contributed by atoms with Crippen molar-refractivity contribution in [1.29, 1.82) is 0 Å². The smallest absolute Gasteiger partial charge is 0.416 e. The Kier molecular flexibility index (Phi) is 5.58. The van der Waals surface area contributed by atoms with Crippen LogP contribution in [0.3, 0.4) is 0 Å². The van der Waals surface area contributed by atoms with Crippen LogP contribution in [0, 0.1) is 0 Å². The molecular weight excluding hydrogens is 373 g/mol. The summed E-state index contributed by atoms with van der Waals surface area (Å²) in [6.07, 6.45) is -4.49. The molecule has 1 aliphatic heterocycles. The molecule has 28 heavy (non-hydrogen) atoms. The van der Waals surface area contributed by atoms with Crippen molar-refractivity contribution in [1.82, 2.24) is 4.90 Å². The van der Waals surface area contributed by atoms with Crippen LogP contribution >= 0.6 is 0 Å². The lowest BCUT2D eigenvalue weighted by atomic mass is 10.1. The molecule has 0 saturated carbocycles. The number of hydrogen-bond donors (Lipinski definition) is 0. The van der Waals surface area contributed by atoms with Gasteiger partial charge in [0, 0.05) is 26.6 Å². The summed E-state index contributed by atoms with van der Waals surface area (Å²) in [6, 6.07) is 12.2. The number of ether oxygens (including phenoxy) is 1. The lowest BCUT2D eigenvalue weighted by molar-refractivity contribution is -0.139. The molecule has 1 aliphatic rings. The van der Waals surface area contributed by atoms with E-state index < -0.39 is 11.7 Å². The van der Waals surface area contributed by atoms with Crippen molar-refractivity contribution >= 4 is 17.5 Å². The Bertz CT molecular complexity index is 883. The van der Waals surface area contributed by atoms with Gasteiger partial charge < -0.3 is 14.5 Å². The second-order valence-electron chi connectivity index (χ2n) is 6.46. The minimum Gasteiger partial charge on any atom is -0.482 e. The average molecular weight is 392 g/mol. The number of carbonyl (C=O) groups excluding carboxylic acids is 2. The van der Waals surface area contributed by atoms with Gasteiger partial charge in [-0.15, -0.1) is 0 Å². The average Bonchev–Trinajstić information content (AvgIpc) is 2.66. The van der Waals surface area contributed by atoms with Crippen LogP contribution in [0.25, 0.3) is 0 Å². The Morgan fingerprint density at radius 3 is 2.57 bits per heavy atom. The van der Waals surface area contributed by atoms with Gasteiger partial charge in [0.05, 0.1) is 11.3 Å². The zero-order valence-electron chi connectivity index (χ0n) is 15.2. The molecular formula is C20H19F3N2O3. The molecule has 0 fully saturated rings. The summed E-state index contributed by atoms with van der Waals surface area (Å²) in [6.45, 7) is -0.147. The summed E-state index contributed by atoms with van der Waals surface area (Å²) in [4.78, 5) is 27.3. The predicted octanol–water partition coefficient (Wildman–Crippen LogP) is 3.48. The van der Waals surface area contributed by atoms with Crippen molar-refractivity contribution in [2.24, 2.45) is 0 Å². The number of amides is 2. The van der Waals surface area contributed by atoms with E-state index in [-0.39, 0.29) is 43.5 Å². The Labute approximate surface area is 160 Å². The standard InChI is InChI=1S/C20H19F3N2O3/c1-24(12-14-6-2-3-7-15(14)20(21,22)23)18(26)10-11-25-16-8-4-5-9-17(16)28-13-19(25)27/h2-9H,10-13H2,1H3. The van der Waals surface area contributed by atoms with Crippen LogP contribution in [0.5, 0.6) is 5.75 Å². The van der Waals surface area contributed by atoms with Crippen molar-refractivity contribution < 1.29 is 27.5 Å². The van der Waals surface area contributed by atoms with Crippen LogP contribution in [0.15, 0.2) is 48.5 Å². The number of alkyl halides is 3. The lowest BCUT2D eigenvalue weighted by Gasteiger charge is -2.29. The molecule has 0 bridgehead atoms. The van der Waals surface area contributed by atoms with E-state index in [4.69, 9.17) is 4.74 Å². The highest BCUT2D eigenvalue weighted by Crippen LogP contribution is 2.33. The molecule has 0 aliphatic carbocycles. The zero-order chi connectivity index (χ0) is 20.3. The second-order valence-corrected chi connectivity index (χ2v) is 6.46. The van der Waals surface area contributed by atoms with Gasteiger partial charge in [-0.2, -0.15) is 13.2 Å². The summed E-state index contributed by atoms with van der Waals surface area (Å²) in [5, 5.41) is 0. The van der Waals surface area contributed by atoms with E-state index in [0.717, 1.165) is 6.07 Å². The molecule has 0 N–H and O–H groups in total. The number of rotatable bonds is 5. The van der Waals surface area contributed by atoms with Crippen molar-refractivity contribution in [3.05, 3.63) is 59.7 Å². The first-order valence-corrected chi connectivity index (χ1v) is 8.68. The Morgan fingerprint density at radius 1 is 1.14 bits per heavy atom. The third kappa shape index (κ3) is 4.27. The Balaban J connectivity index is 1.66. The van der Waals surface area contributed by atoms with Crippen molar-refractivity contribution in [2.75, 3.05) is 25.1 Å². The fraction of sp³-hybridized carbons (Fsp3) is 0.300. The molecule has 0 unspecified atom stereocenters. The fourth-order valence-electron chi connectivity index (χ4n) is 3.08. The first kappa shape index (κ1) is 19.7. The van der Waals surface area contributed by atoms with Gasteiger partial charge in [0.15, 0.2) is 6.61 Å². The van der Waals surface area contributed by atoms with Gasteiger partial charge in [-0.25, -0.2) is 0 Å². The Morgan fingerprint density at radius 2 is 1.82 bits per heavy atom. The highest BCUT2D eigenvalue weighted by molar-refractivity contribution is 5.98. The summed E-state index contributed by atoms with van der Waals surface area (Å²) in [5.74, 6) is -0.0627. The van der Waals surface area contributed by atoms with Gasteiger partial charge in [0.1, 0.15) is 5.75 Å². The first-order chi connectivity index (χ1) is 13.3. The van der Waals surface area contributed by atoms with Gasteiger partial charge in [-0.1, -0.05) is 30.3 Å². The predicted molar refractivity (Wildman–Crippen MR) is 96.8 cm³/mol. The largest absolute Gasteiger partial charge is 0.482 e. The molecule has 0 aromatic heterocycles. The minimum absolute atomic E-state index is 0.00917. The molecule has 0 saturated heterocycles. The monoisotopic (exact) mass is 392 g/mol. The number of carbonyl (C=O) groups is 2. The quantitative estimate of drug-likeness (QED) is 0.783. The van der Waals surface area contributed by atoms with Gasteiger partial charge in [-0.05, 0) is 23.8 Å². The van der Waals surface area contributed by atoms with E-state index >= 15 is 0 Å². The summed E-state index contributed by atoms with van der Waals surface area (Å²) >= 11 is 0. The number of halogens is 3. The molecule has 5 nitrogen and oxygen atoms in total. The molecule has 1 heterocycles. The number of nitrogens with zero attached hydrogens (tertiary/aromatic N) is 2. The van der Waals surface area contributed by atoms with E-state index in [2.05, 4.69) is 0 Å². The Hall–Kier alpha value is -3.03. The van der Waals surface area contributed by atoms with Gasteiger partial charge in [0.2, 0.25) is 5.91 Å². The SMILES string of the molecule is CN(Cc1ccccc1C(F)(F)F)C(=O)CCN1C(=O)COc2ccccc21. The highest BCUT2D eigenvalue weighted by atomic mass is 19.4. The number of benzene rings is 2. The normalized spacial score (nSPS) is 13.7. The molecule has 0 radical (unpaired) electrons. The molecule has 148 valence electrons. The van der Waals surface area contributed by atoms with E-state index in [1.54, 1.807) is 24.3 Å². The van der Waals surface area contributed by atoms with Crippen LogP contribution in [-0.2, 0) is 22.3 Å². The molecule has 0 atom stereocenters. The molecule has 2 aromatic rings. The maximum atomic E-state index is 13.1. The zero-order valence-corrected chi connectivity index (χ0v) is 15.2. The van der Waals surface area contributed by atoms with Crippen LogP contribution in [-0.4, -0.2) is 36.9 Å². The summed E-state index contributed by atoms with van der Waals surface area (Å²) in [7, 11) is 1.45. The maximum Gasteiger partial charge on any atom is 0.416 e. The van der Waals surface area contributed by atoms with E-state index in [1.807, 2.05) is 0 Å². The maximum absolute atomic E-state index is 13.1. The molecule has 8 heteroatoms. The number of fused-ring (bicyclic) bond motifs is 1. The number of anilines is 1. The highest BCUT2D eigenvalue weighted by Gasteiger charge is 2.33. The first-order valence-electron chi connectivity index (χ1n) is 8.68. The molecule has 0 spiro atoms. The molecule has 2 amide bonds. The van der Waals surface area contributed by atoms with Crippen molar-refractivity contribution in [3.8, 4) is 5.75 Å². The molecule has 2 aromatic carbocycles. The number of para-hydroxylation sites is 2. The van der Waals surface area contributed by atoms with Crippen LogP contribution < -0.4 is 9.64 Å². The second kappa shape index (κ2) is 7.92. The van der Waals surface area contributed by atoms with E-state index in [1.165, 1.54) is 35.0 Å².